The van der Waals surface area contributed by atoms with Gasteiger partial charge in [-0.15, -0.1) is 12.4 Å². The maximum Gasteiger partial charge on any atom is 0.409 e. The van der Waals surface area contributed by atoms with E-state index in [-0.39, 0.29) is 24.2 Å². The minimum absolute atomic E-state index is 0. The first kappa shape index (κ1) is 16.5. The highest BCUT2D eigenvalue weighted by molar-refractivity contribution is 5.85. The van der Waals surface area contributed by atoms with Gasteiger partial charge in [0.25, 0.3) is 0 Å². The van der Waals surface area contributed by atoms with E-state index in [4.69, 9.17) is 4.74 Å². The van der Waals surface area contributed by atoms with E-state index in [0.29, 0.717) is 0 Å². The summed E-state index contributed by atoms with van der Waals surface area (Å²) >= 11 is 0. The number of hydrogen-bond donors (Lipinski definition) is 1. The number of amides is 1. The molecule has 1 heterocycles. The van der Waals surface area contributed by atoms with Crippen molar-refractivity contribution >= 4 is 18.5 Å². The summed E-state index contributed by atoms with van der Waals surface area (Å²) < 4.78 is 5.26. The molecule has 0 aromatic carbocycles. The topological polar surface area (TPSA) is 41.6 Å². The molecule has 4 nitrogen and oxygen atoms in total. The number of halogens is 1. The van der Waals surface area contributed by atoms with Gasteiger partial charge in [-0.1, -0.05) is 0 Å². The molecule has 0 radical (unpaired) electrons. The number of likely N-dealkylation sites (tertiary alicyclic amines) is 1. The van der Waals surface area contributed by atoms with E-state index < -0.39 is 5.60 Å². The molecule has 0 atom stereocenters. The fourth-order valence-corrected chi connectivity index (χ4v) is 1.91. The normalized spacial score (nSPS) is 17.5. The Bertz CT molecular complexity index is 256. The maximum atomic E-state index is 11.7. The molecule has 5 heteroatoms. The third kappa shape index (κ3) is 5.59. The summed E-state index contributed by atoms with van der Waals surface area (Å²) in [7, 11) is 0. The summed E-state index contributed by atoms with van der Waals surface area (Å²) in [4.78, 5) is 13.9. The highest BCUT2D eigenvalue weighted by atomic mass is 35.5. The van der Waals surface area contributed by atoms with E-state index in [1.165, 1.54) is 12.8 Å². The van der Waals surface area contributed by atoms with Crippen LogP contribution in [0.15, 0.2) is 0 Å². The van der Waals surface area contributed by atoms with Gasteiger partial charge in [-0.25, -0.2) is 4.79 Å². The lowest BCUT2D eigenvalue weighted by molar-refractivity contribution is 0.0311. The first-order chi connectivity index (χ1) is 7.21. The van der Waals surface area contributed by atoms with Crippen molar-refractivity contribution in [1.82, 2.24) is 10.2 Å². The molecule has 1 fully saturated rings. The van der Waals surface area contributed by atoms with Gasteiger partial charge in [0.1, 0.15) is 5.60 Å². The van der Waals surface area contributed by atoms with Crippen molar-refractivity contribution in [3.8, 4) is 0 Å². The van der Waals surface area contributed by atoms with Gasteiger partial charge in [-0.3, -0.25) is 4.90 Å². The van der Waals surface area contributed by atoms with E-state index in [1.54, 1.807) is 0 Å². The molecule has 0 aliphatic carbocycles. The van der Waals surface area contributed by atoms with Crippen LogP contribution in [-0.2, 0) is 4.74 Å². The molecular formula is C12H25ClN2O2. The lowest BCUT2D eigenvalue weighted by Gasteiger charge is -2.36. The van der Waals surface area contributed by atoms with Crippen LogP contribution in [0.1, 0.15) is 47.5 Å². The second-order valence-corrected chi connectivity index (χ2v) is 5.88. The third-order valence-corrected chi connectivity index (χ3v) is 2.70. The Hall–Kier alpha value is -0.480. The Morgan fingerprint density at radius 3 is 2.00 bits per heavy atom. The van der Waals surface area contributed by atoms with E-state index >= 15 is 0 Å². The van der Waals surface area contributed by atoms with Crippen LogP contribution < -0.4 is 5.32 Å². The van der Waals surface area contributed by atoms with Crippen molar-refractivity contribution in [2.24, 2.45) is 0 Å². The van der Waals surface area contributed by atoms with Crippen molar-refractivity contribution in [2.75, 3.05) is 13.1 Å². The van der Waals surface area contributed by atoms with Crippen molar-refractivity contribution in [3.05, 3.63) is 0 Å². The average molecular weight is 265 g/mol. The fourth-order valence-electron chi connectivity index (χ4n) is 1.91. The highest BCUT2D eigenvalue weighted by Gasteiger charge is 2.31. The van der Waals surface area contributed by atoms with Crippen LogP contribution in [0.5, 0.6) is 0 Å². The number of carbonyl (C=O) groups is 1. The molecule has 0 aromatic heterocycles. The van der Waals surface area contributed by atoms with Gasteiger partial charge in [0, 0.05) is 13.1 Å². The zero-order valence-corrected chi connectivity index (χ0v) is 12.3. The van der Waals surface area contributed by atoms with E-state index in [1.807, 2.05) is 34.6 Å². The summed E-state index contributed by atoms with van der Waals surface area (Å²) in [5.41, 5.74) is -0.760. The molecule has 1 amide bonds. The van der Waals surface area contributed by atoms with Gasteiger partial charge in [0.15, 0.2) is 0 Å². The summed E-state index contributed by atoms with van der Waals surface area (Å²) in [6.07, 6.45) is 2.07. The molecule has 0 saturated carbocycles. The van der Waals surface area contributed by atoms with Gasteiger partial charge >= 0.3 is 6.09 Å². The predicted molar refractivity (Wildman–Crippen MR) is 71.5 cm³/mol. The smallest absolute Gasteiger partial charge is 0.409 e. The van der Waals surface area contributed by atoms with Gasteiger partial charge in [-0.2, -0.15) is 0 Å². The lowest BCUT2D eigenvalue weighted by atomic mass is 10.2. The summed E-state index contributed by atoms with van der Waals surface area (Å²) in [6, 6.07) is 0. The molecule has 0 unspecified atom stereocenters. The SMILES string of the molecule is CC(C)(C)OC(=O)NC(C)(C)N1CCCC1.Cl. The number of hydrogen-bond acceptors (Lipinski definition) is 3. The second kappa shape index (κ2) is 5.91. The van der Waals surface area contributed by atoms with Crippen LogP contribution in [-0.4, -0.2) is 35.3 Å². The molecule has 1 N–H and O–H groups in total. The Morgan fingerprint density at radius 1 is 1.12 bits per heavy atom. The summed E-state index contributed by atoms with van der Waals surface area (Å²) in [5, 5.41) is 2.92. The van der Waals surface area contributed by atoms with Crippen LogP contribution in [0, 0.1) is 0 Å². The number of nitrogens with one attached hydrogen (secondary N) is 1. The molecule has 1 rings (SSSR count). The first-order valence-corrected chi connectivity index (χ1v) is 5.97. The van der Waals surface area contributed by atoms with E-state index in [9.17, 15) is 4.79 Å². The number of carbonyl (C=O) groups excluding carboxylic acids is 1. The Kier molecular flexibility index (Phi) is 5.75. The first-order valence-electron chi connectivity index (χ1n) is 5.97. The second-order valence-electron chi connectivity index (χ2n) is 5.88. The van der Waals surface area contributed by atoms with Gasteiger partial charge in [0.2, 0.25) is 0 Å². The average Bonchev–Trinajstić information content (AvgIpc) is 2.49. The highest BCUT2D eigenvalue weighted by Crippen LogP contribution is 2.19. The zero-order chi connectivity index (χ0) is 12.4. The number of nitrogens with zero attached hydrogens (tertiary/aromatic N) is 1. The number of rotatable bonds is 2. The Labute approximate surface area is 110 Å². The van der Waals surface area contributed by atoms with Crippen molar-refractivity contribution in [1.29, 1.82) is 0 Å². The molecule has 17 heavy (non-hydrogen) atoms. The number of alkyl carbamates (subject to hydrolysis) is 1. The minimum atomic E-state index is -0.439. The third-order valence-electron chi connectivity index (χ3n) is 2.70. The number of ether oxygens (including phenoxy) is 1. The molecule has 0 bridgehead atoms. The van der Waals surface area contributed by atoms with Gasteiger partial charge < -0.3 is 10.1 Å². The van der Waals surface area contributed by atoms with Crippen LogP contribution in [0.2, 0.25) is 0 Å². The minimum Gasteiger partial charge on any atom is -0.444 e. The van der Waals surface area contributed by atoms with Gasteiger partial charge in [0.05, 0.1) is 5.66 Å². The van der Waals surface area contributed by atoms with Crippen molar-refractivity contribution < 1.29 is 9.53 Å². The largest absolute Gasteiger partial charge is 0.444 e. The van der Waals surface area contributed by atoms with E-state index in [2.05, 4.69) is 10.2 Å². The van der Waals surface area contributed by atoms with E-state index in [0.717, 1.165) is 13.1 Å². The van der Waals surface area contributed by atoms with Gasteiger partial charge in [-0.05, 0) is 47.5 Å². The maximum absolute atomic E-state index is 11.7. The molecular weight excluding hydrogens is 240 g/mol. The Morgan fingerprint density at radius 2 is 1.59 bits per heavy atom. The lowest BCUT2D eigenvalue weighted by Crippen LogP contribution is -2.56. The molecule has 1 saturated heterocycles. The van der Waals surface area contributed by atoms with Crippen LogP contribution in [0.4, 0.5) is 4.79 Å². The molecule has 0 spiro atoms. The molecule has 1 aliphatic heterocycles. The molecule has 102 valence electrons. The zero-order valence-electron chi connectivity index (χ0n) is 11.5. The standard InChI is InChI=1S/C12H24N2O2.ClH/c1-11(2,3)16-10(15)13-12(4,5)14-8-6-7-9-14;/h6-9H2,1-5H3,(H,13,15);1H. The Balaban J connectivity index is 0.00000256. The van der Waals surface area contributed by atoms with Crippen LogP contribution >= 0.6 is 12.4 Å². The fraction of sp³-hybridized carbons (Fsp3) is 0.917. The summed E-state index contributed by atoms with van der Waals surface area (Å²) in [5.74, 6) is 0. The van der Waals surface area contributed by atoms with Crippen molar-refractivity contribution in [3.63, 3.8) is 0 Å². The predicted octanol–water partition coefficient (Wildman–Crippen LogP) is 2.76. The van der Waals surface area contributed by atoms with Crippen molar-refractivity contribution in [2.45, 2.75) is 58.7 Å². The molecule has 1 aliphatic rings. The quantitative estimate of drug-likeness (QED) is 0.834. The van der Waals surface area contributed by atoms with Crippen LogP contribution in [0.3, 0.4) is 0 Å². The summed E-state index contributed by atoms with van der Waals surface area (Å²) in [6.45, 7) is 11.7. The monoisotopic (exact) mass is 264 g/mol. The van der Waals surface area contributed by atoms with Crippen LogP contribution in [0.25, 0.3) is 0 Å². The molecule has 0 aromatic rings.